The number of pyridine rings is 1. The SMILES string of the molecule is Cc1ccc(OC2CCN(c3ncccc3C(=O)N3CCCCC3)CC2)cc1C. The lowest BCUT2D eigenvalue weighted by Gasteiger charge is -2.34. The summed E-state index contributed by atoms with van der Waals surface area (Å²) in [4.78, 5) is 21.9. The number of carbonyl (C=O) groups is 1. The molecule has 0 aliphatic carbocycles. The summed E-state index contributed by atoms with van der Waals surface area (Å²) in [5.41, 5.74) is 3.28. The normalized spacial score (nSPS) is 18.0. The number of hydrogen-bond donors (Lipinski definition) is 0. The van der Waals surface area contributed by atoms with E-state index in [0.29, 0.717) is 0 Å². The number of ether oxygens (including phenoxy) is 1. The van der Waals surface area contributed by atoms with Crippen LogP contribution in [0.2, 0.25) is 0 Å². The molecule has 0 N–H and O–H groups in total. The van der Waals surface area contributed by atoms with Gasteiger partial charge in [-0.1, -0.05) is 6.07 Å². The van der Waals surface area contributed by atoms with Crippen molar-refractivity contribution in [2.45, 2.75) is 52.1 Å². The second-order valence-electron chi connectivity index (χ2n) is 8.28. The van der Waals surface area contributed by atoms with E-state index in [1.54, 1.807) is 6.20 Å². The fourth-order valence-electron chi connectivity index (χ4n) is 4.25. The highest BCUT2D eigenvalue weighted by Gasteiger charge is 2.27. The molecule has 1 aromatic carbocycles. The molecule has 1 aromatic heterocycles. The molecule has 4 rings (SSSR count). The zero-order valence-electron chi connectivity index (χ0n) is 17.6. The third-order valence-electron chi connectivity index (χ3n) is 6.18. The number of carbonyl (C=O) groups excluding carboxylic acids is 1. The van der Waals surface area contributed by atoms with Gasteiger partial charge in [0.2, 0.25) is 0 Å². The number of rotatable bonds is 4. The van der Waals surface area contributed by atoms with Gasteiger partial charge in [0.05, 0.1) is 5.56 Å². The highest BCUT2D eigenvalue weighted by molar-refractivity contribution is 5.99. The van der Waals surface area contributed by atoms with E-state index in [4.69, 9.17) is 4.74 Å². The molecular formula is C24H31N3O2. The second kappa shape index (κ2) is 8.85. The van der Waals surface area contributed by atoms with Crippen LogP contribution < -0.4 is 9.64 Å². The van der Waals surface area contributed by atoms with Crippen molar-refractivity contribution in [3.05, 3.63) is 53.2 Å². The van der Waals surface area contributed by atoms with Gasteiger partial charge >= 0.3 is 0 Å². The minimum atomic E-state index is 0.126. The van der Waals surface area contributed by atoms with E-state index in [1.165, 1.54) is 17.5 Å². The van der Waals surface area contributed by atoms with E-state index in [2.05, 4.69) is 41.9 Å². The Hall–Kier alpha value is -2.56. The van der Waals surface area contributed by atoms with E-state index < -0.39 is 0 Å². The molecule has 0 saturated carbocycles. The Morgan fingerprint density at radius 3 is 2.48 bits per heavy atom. The first kappa shape index (κ1) is 19.7. The third-order valence-corrected chi connectivity index (χ3v) is 6.18. The molecule has 2 saturated heterocycles. The number of hydrogen-bond acceptors (Lipinski definition) is 4. The molecule has 2 aromatic rings. The average molecular weight is 394 g/mol. The molecular weight excluding hydrogens is 362 g/mol. The number of piperidine rings is 2. The molecule has 0 bridgehead atoms. The Labute approximate surface area is 173 Å². The predicted octanol–water partition coefficient (Wildman–Crippen LogP) is 4.37. The molecule has 2 aliphatic rings. The fraction of sp³-hybridized carbons (Fsp3) is 0.500. The van der Waals surface area contributed by atoms with Crippen molar-refractivity contribution < 1.29 is 9.53 Å². The van der Waals surface area contributed by atoms with Crippen molar-refractivity contribution in [2.24, 2.45) is 0 Å². The van der Waals surface area contributed by atoms with Crippen LogP contribution >= 0.6 is 0 Å². The number of aryl methyl sites for hydroxylation is 2. The van der Waals surface area contributed by atoms with Gasteiger partial charge < -0.3 is 14.5 Å². The van der Waals surface area contributed by atoms with Crippen LogP contribution in [-0.4, -0.2) is 48.1 Å². The van der Waals surface area contributed by atoms with Gasteiger partial charge in [0.25, 0.3) is 5.91 Å². The van der Waals surface area contributed by atoms with E-state index in [-0.39, 0.29) is 12.0 Å². The van der Waals surface area contributed by atoms with Gasteiger partial charge in [-0.05, 0) is 68.5 Å². The summed E-state index contributed by atoms with van der Waals surface area (Å²) in [6.07, 6.45) is 7.28. The van der Waals surface area contributed by atoms with E-state index in [9.17, 15) is 4.79 Å². The van der Waals surface area contributed by atoms with Gasteiger partial charge in [0, 0.05) is 45.2 Å². The smallest absolute Gasteiger partial charge is 0.257 e. The van der Waals surface area contributed by atoms with Crippen molar-refractivity contribution in [3.8, 4) is 5.75 Å². The summed E-state index contributed by atoms with van der Waals surface area (Å²) in [5.74, 6) is 1.90. The molecule has 154 valence electrons. The van der Waals surface area contributed by atoms with Crippen LogP contribution in [0.4, 0.5) is 5.82 Å². The molecule has 29 heavy (non-hydrogen) atoms. The van der Waals surface area contributed by atoms with Crippen molar-refractivity contribution in [1.29, 1.82) is 0 Å². The van der Waals surface area contributed by atoms with Gasteiger partial charge in [-0.2, -0.15) is 0 Å². The quantitative estimate of drug-likeness (QED) is 0.774. The highest BCUT2D eigenvalue weighted by atomic mass is 16.5. The first-order valence-electron chi connectivity index (χ1n) is 10.8. The van der Waals surface area contributed by atoms with Gasteiger partial charge in [-0.15, -0.1) is 0 Å². The molecule has 0 unspecified atom stereocenters. The summed E-state index contributed by atoms with van der Waals surface area (Å²) in [7, 11) is 0. The molecule has 1 amide bonds. The van der Waals surface area contributed by atoms with Crippen molar-refractivity contribution in [1.82, 2.24) is 9.88 Å². The summed E-state index contributed by atoms with van der Waals surface area (Å²) >= 11 is 0. The first-order valence-corrected chi connectivity index (χ1v) is 10.8. The molecule has 5 heteroatoms. The first-order chi connectivity index (χ1) is 14.1. The van der Waals surface area contributed by atoms with Crippen LogP contribution in [-0.2, 0) is 0 Å². The van der Waals surface area contributed by atoms with Crippen LogP contribution in [0.1, 0.15) is 53.6 Å². The highest BCUT2D eigenvalue weighted by Crippen LogP contribution is 2.26. The maximum atomic E-state index is 13.1. The Bertz CT molecular complexity index is 853. The minimum absolute atomic E-state index is 0.126. The van der Waals surface area contributed by atoms with Crippen molar-refractivity contribution >= 4 is 11.7 Å². The third kappa shape index (κ3) is 4.55. The Balaban J connectivity index is 1.41. The van der Waals surface area contributed by atoms with E-state index in [1.807, 2.05) is 17.0 Å². The summed E-state index contributed by atoms with van der Waals surface area (Å²) in [6.45, 7) is 7.66. The lowest BCUT2D eigenvalue weighted by Crippen LogP contribution is -2.41. The van der Waals surface area contributed by atoms with Crippen molar-refractivity contribution in [3.63, 3.8) is 0 Å². The minimum Gasteiger partial charge on any atom is -0.490 e. The molecule has 2 fully saturated rings. The number of benzene rings is 1. The van der Waals surface area contributed by atoms with Crippen LogP contribution in [0.3, 0.4) is 0 Å². The van der Waals surface area contributed by atoms with Crippen LogP contribution in [0, 0.1) is 13.8 Å². The largest absolute Gasteiger partial charge is 0.490 e. The Kier molecular flexibility index (Phi) is 6.02. The number of nitrogens with zero attached hydrogens (tertiary/aromatic N) is 3. The van der Waals surface area contributed by atoms with Gasteiger partial charge in [-0.3, -0.25) is 4.79 Å². The summed E-state index contributed by atoms with van der Waals surface area (Å²) in [5, 5.41) is 0. The van der Waals surface area contributed by atoms with E-state index in [0.717, 1.165) is 69.0 Å². The lowest BCUT2D eigenvalue weighted by atomic mass is 10.1. The number of aromatic nitrogens is 1. The van der Waals surface area contributed by atoms with Gasteiger partial charge in [-0.25, -0.2) is 4.98 Å². The topological polar surface area (TPSA) is 45.7 Å². The number of likely N-dealkylation sites (tertiary alicyclic amines) is 1. The summed E-state index contributed by atoms with van der Waals surface area (Å²) < 4.78 is 6.23. The molecule has 2 aliphatic heterocycles. The monoisotopic (exact) mass is 393 g/mol. The second-order valence-corrected chi connectivity index (χ2v) is 8.28. The zero-order chi connectivity index (χ0) is 20.2. The maximum Gasteiger partial charge on any atom is 0.257 e. The lowest BCUT2D eigenvalue weighted by molar-refractivity contribution is 0.0724. The predicted molar refractivity (Wildman–Crippen MR) is 116 cm³/mol. The fourth-order valence-corrected chi connectivity index (χ4v) is 4.25. The molecule has 0 spiro atoms. The Morgan fingerprint density at radius 1 is 1.00 bits per heavy atom. The maximum absolute atomic E-state index is 13.1. The molecule has 5 nitrogen and oxygen atoms in total. The van der Waals surface area contributed by atoms with E-state index >= 15 is 0 Å². The van der Waals surface area contributed by atoms with Crippen LogP contribution in [0.15, 0.2) is 36.5 Å². The molecule has 3 heterocycles. The van der Waals surface area contributed by atoms with Crippen molar-refractivity contribution in [2.75, 3.05) is 31.1 Å². The van der Waals surface area contributed by atoms with Gasteiger partial charge in [0.15, 0.2) is 0 Å². The number of anilines is 1. The van der Waals surface area contributed by atoms with Crippen LogP contribution in [0.5, 0.6) is 5.75 Å². The molecule has 0 radical (unpaired) electrons. The molecule has 0 atom stereocenters. The standard InChI is InChI=1S/C24H31N3O2/c1-18-8-9-21(17-19(18)2)29-20-10-15-26(16-11-20)23-22(7-6-12-25-23)24(28)27-13-4-3-5-14-27/h6-9,12,17,20H,3-5,10-11,13-16H2,1-2H3. The van der Waals surface area contributed by atoms with Gasteiger partial charge in [0.1, 0.15) is 17.7 Å². The van der Waals surface area contributed by atoms with Crippen LogP contribution in [0.25, 0.3) is 0 Å². The summed E-state index contributed by atoms with van der Waals surface area (Å²) in [6, 6.07) is 10.1. The average Bonchev–Trinajstić information content (AvgIpc) is 2.77. The zero-order valence-corrected chi connectivity index (χ0v) is 17.6. The number of amides is 1. The Morgan fingerprint density at radius 2 is 1.76 bits per heavy atom.